The third kappa shape index (κ3) is 3.37. The second-order valence-electron chi connectivity index (χ2n) is 6.34. The van der Waals surface area contributed by atoms with Gasteiger partial charge in [-0.1, -0.05) is 42.5 Å². The average Bonchev–Trinajstić information content (AvgIpc) is 3.31. The van der Waals surface area contributed by atoms with Crippen molar-refractivity contribution < 1.29 is 4.79 Å². The molecule has 1 heterocycles. The minimum absolute atomic E-state index is 0.00140. The maximum Gasteiger partial charge on any atom is 0.243 e. The van der Waals surface area contributed by atoms with Crippen molar-refractivity contribution in [1.82, 2.24) is 25.6 Å². The van der Waals surface area contributed by atoms with Gasteiger partial charge in [0.25, 0.3) is 0 Å². The Morgan fingerprint density at radius 3 is 2.81 bits per heavy atom. The van der Waals surface area contributed by atoms with Crippen molar-refractivity contribution in [2.75, 3.05) is 0 Å². The lowest BCUT2D eigenvalue weighted by Gasteiger charge is -2.05. The quantitative estimate of drug-likeness (QED) is 0.567. The lowest BCUT2D eigenvalue weighted by Crippen LogP contribution is -2.21. The second kappa shape index (κ2) is 6.87. The van der Waals surface area contributed by atoms with Crippen molar-refractivity contribution in [3.05, 3.63) is 72.1 Å². The van der Waals surface area contributed by atoms with E-state index in [1.165, 1.54) is 11.9 Å². The van der Waals surface area contributed by atoms with Crippen LogP contribution in [0.15, 0.2) is 66.0 Å². The molecule has 1 aliphatic carbocycles. The van der Waals surface area contributed by atoms with Crippen LogP contribution in [0, 0.1) is 5.92 Å². The number of carbonyl (C=O) groups excluding carboxylic acids is 1. The van der Waals surface area contributed by atoms with Gasteiger partial charge in [-0.05, 0) is 52.9 Å². The molecule has 7 heteroatoms. The summed E-state index contributed by atoms with van der Waals surface area (Å²) in [5.74, 6) is 0.270. The zero-order chi connectivity index (χ0) is 17.9. The van der Waals surface area contributed by atoms with Gasteiger partial charge in [-0.15, -0.1) is 5.10 Å². The first-order valence-corrected chi connectivity index (χ1v) is 8.45. The van der Waals surface area contributed by atoms with Crippen LogP contribution in [0.4, 0.5) is 0 Å². The van der Waals surface area contributed by atoms with E-state index in [9.17, 15) is 4.79 Å². The summed E-state index contributed by atoms with van der Waals surface area (Å²) < 4.78 is 1.57. The van der Waals surface area contributed by atoms with Crippen LogP contribution in [0.25, 0.3) is 5.69 Å². The van der Waals surface area contributed by atoms with E-state index >= 15 is 0 Å². The van der Waals surface area contributed by atoms with E-state index in [-0.39, 0.29) is 11.8 Å². The molecule has 26 heavy (non-hydrogen) atoms. The van der Waals surface area contributed by atoms with Crippen LogP contribution in [0.2, 0.25) is 0 Å². The molecule has 1 fully saturated rings. The van der Waals surface area contributed by atoms with Crippen molar-refractivity contribution in [1.29, 1.82) is 0 Å². The molecule has 3 aromatic rings. The number of hydrogen-bond acceptors (Lipinski definition) is 5. The molecule has 1 aromatic heterocycles. The Balaban J connectivity index is 1.41. The monoisotopic (exact) mass is 346 g/mol. The smallest absolute Gasteiger partial charge is 0.243 e. The van der Waals surface area contributed by atoms with Crippen molar-refractivity contribution in [3.63, 3.8) is 0 Å². The third-order valence-electron chi connectivity index (χ3n) is 4.57. The fraction of sp³-hybridized carbons (Fsp3) is 0.211. The molecule has 130 valence electrons. The molecule has 0 aliphatic heterocycles. The summed E-state index contributed by atoms with van der Waals surface area (Å²) in [7, 11) is 0. The highest BCUT2D eigenvalue weighted by Crippen LogP contribution is 2.47. The van der Waals surface area contributed by atoms with Crippen LogP contribution in [-0.2, 0) is 4.79 Å². The number of aromatic nitrogens is 4. The van der Waals surface area contributed by atoms with Gasteiger partial charge in [0.1, 0.15) is 6.33 Å². The summed E-state index contributed by atoms with van der Waals surface area (Å²) in [6.07, 6.45) is 2.41. The number of tetrazole rings is 1. The summed E-state index contributed by atoms with van der Waals surface area (Å²) >= 11 is 0. The first-order chi connectivity index (χ1) is 12.7. The maximum atomic E-state index is 12.3. The van der Waals surface area contributed by atoms with Crippen LogP contribution in [-0.4, -0.2) is 31.8 Å². The minimum atomic E-state index is -0.0326. The van der Waals surface area contributed by atoms with E-state index in [1.807, 2.05) is 49.4 Å². The molecular weight excluding hydrogens is 328 g/mol. The zero-order valence-electron chi connectivity index (χ0n) is 14.3. The number of nitrogens with one attached hydrogen (secondary N) is 1. The van der Waals surface area contributed by atoms with Crippen molar-refractivity contribution in [3.8, 4) is 5.69 Å². The lowest BCUT2D eigenvalue weighted by atomic mass is 10.1. The van der Waals surface area contributed by atoms with Crippen LogP contribution in [0.5, 0.6) is 0 Å². The molecule has 7 nitrogen and oxygen atoms in total. The number of carbonyl (C=O) groups is 1. The molecule has 1 saturated carbocycles. The molecule has 1 aliphatic rings. The Kier molecular flexibility index (Phi) is 4.27. The van der Waals surface area contributed by atoms with Gasteiger partial charge in [0.05, 0.1) is 11.4 Å². The summed E-state index contributed by atoms with van der Waals surface area (Å²) in [5, 5.41) is 15.4. The number of hydrogen-bond donors (Lipinski definition) is 1. The van der Waals surface area contributed by atoms with Crippen molar-refractivity contribution in [2.45, 2.75) is 19.3 Å². The highest BCUT2D eigenvalue weighted by molar-refractivity contribution is 5.99. The predicted molar refractivity (Wildman–Crippen MR) is 96.8 cm³/mol. The maximum absolute atomic E-state index is 12.3. The topological polar surface area (TPSA) is 85.1 Å². The van der Waals surface area contributed by atoms with Gasteiger partial charge in [0.2, 0.25) is 5.91 Å². The Morgan fingerprint density at radius 1 is 1.19 bits per heavy atom. The molecule has 0 radical (unpaired) electrons. The Hall–Kier alpha value is -3.35. The highest BCUT2D eigenvalue weighted by atomic mass is 16.2. The number of nitrogens with zero attached hydrogens (tertiary/aromatic N) is 5. The van der Waals surface area contributed by atoms with Crippen LogP contribution in [0.3, 0.4) is 0 Å². The first kappa shape index (κ1) is 16.1. The standard InChI is InChI=1S/C19H18N6O/c1-13(15-8-5-9-16(10-15)25-12-20-23-24-25)21-22-19(26)18-11-17(18)14-6-3-2-4-7-14/h2-10,12,17-18H,11H2,1H3,(H,22,26)/b21-13-/t17-,18-/m0/s1. The summed E-state index contributed by atoms with van der Waals surface area (Å²) in [4.78, 5) is 12.3. The molecule has 1 amide bonds. The van der Waals surface area contributed by atoms with E-state index in [2.05, 4.69) is 38.2 Å². The molecule has 0 spiro atoms. The molecule has 1 N–H and O–H groups in total. The van der Waals surface area contributed by atoms with Gasteiger partial charge in [0, 0.05) is 5.92 Å². The van der Waals surface area contributed by atoms with Gasteiger partial charge in [0.15, 0.2) is 0 Å². The lowest BCUT2D eigenvalue weighted by molar-refractivity contribution is -0.122. The molecule has 4 rings (SSSR count). The first-order valence-electron chi connectivity index (χ1n) is 8.45. The van der Waals surface area contributed by atoms with Crippen LogP contribution < -0.4 is 5.43 Å². The average molecular weight is 346 g/mol. The van der Waals surface area contributed by atoms with E-state index in [4.69, 9.17) is 0 Å². The molecule has 2 aromatic carbocycles. The van der Waals surface area contributed by atoms with Crippen LogP contribution in [0.1, 0.15) is 30.4 Å². The van der Waals surface area contributed by atoms with E-state index in [0.29, 0.717) is 5.92 Å². The van der Waals surface area contributed by atoms with Gasteiger partial charge in [-0.3, -0.25) is 4.79 Å². The van der Waals surface area contributed by atoms with E-state index in [1.54, 1.807) is 4.68 Å². The molecule has 0 saturated heterocycles. The van der Waals surface area contributed by atoms with Gasteiger partial charge >= 0.3 is 0 Å². The predicted octanol–water partition coefficient (Wildman–Crippen LogP) is 2.31. The summed E-state index contributed by atoms with van der Waals surface area (Å²) in [6, 6.07) is 17.8. The number of amides is 1. The van der Waals surface area contributed by atoms with Gasteiger partial charge in [-0.2, -0.15) is 5.10 Å². The SMILES string of the molecule is C/C(=N/NC(=O)[C@H]1C[C@H]1c1ccccc1)c1cccc(-n2cnnn2)c1. The molecule has 0 unspecified atom stereocenters. The van der Waals surface area contributed by atoms with Gasteiger partial charge < -0.3 is 0 Å². The fourth-order valence-corrected chi connectivity index (χ4v) is 2.99. The van der Waals surface area contributed by atoms with Gasteiger partial charge in [-0.25, -0.2) is 10.1 Å². The molecule has 0 bridgehead atoms. The Bertz CT molecular complexity index is 936. The zero-order valence-corrected chi connectivity index (χ0v) is 14.3. The minimum Gasteiger partial charge on any atom is -0.273 e. The second-order valence-corrected chi connectivity index (χ2v) is 6.34. The number of benzene rings is 2. The summed E-state index contributed by atoms with van der Waals surface area (Å²) in [5.41, 5.74) is 6.37. The normalized spacial score (nSPS) is 19.2. The van der Waals surface area contributed by atoms with Crippen LogP contribution >= 0.6 is 0 Å². The molecule has 2 atom stereocenters. The van der Waals surface area contributed by atoms with E-state index in [0.717, 1.165) is 23.4 Å². The number of rotatable bonds is 5. The Labute approximate surface area is 150 Å². The van der Waals surface area contributed by atoms with E-state index < -0.39 is 0 Å². The third-order valence-corrected chi connectivity index (χ3v) is 4.57. The molecular formula is C19H18N6O. The highest BCUT2D eigenvalue weighted by Gasteiger charge is 2.43. The number of hydrazone groups is 1. The Morgan fingerprint density at radius 2 is 2.04 bits per heavy atom. The fourth-order valence-electron chi connectivity index (χ4n) is 2.99. The summed E-state index contributed by atoms with van der Waals surface area (Å²) in [6.45, 7) is 1.86. The largest absolute Gasteiger partial charge is 0.273 e. The van der Waals surface area contributed by atoms with Crippen molar-refractivity contribution in [2.24, 2.45) is 11.0 Å². The van der Waals surface area contributed by atoms with Crippen molar-refractivity contribution >= 4 is 11.6 Å².